The Bertz CT molecular complexity index is 940. The van der Waals surface area contributed by atoms with Gasteiger partial charge in [0.25, 0.3) is 0 Å². The van der Waals surface area contributed by atoms with Gasteiger partial charge in [-0.05, 0) is 55.8 Å². The first-order valence-corrected chi connectivity index (χ1v) is 10.8. The Morgan fingerprint density at radius 3 is 2.68 bits per heavy atom. The molecule has 28 heavy (non-hydrogen) atoms. The predicted octanol–water partition coefficient (Wildman–Crippen LogP) is 3.63. The molecular weight excluding hydrogens is 373 g/mol. The van der Waals surface area contributed by atoms with Gasteiger partial charge in [-0.15, -0.1) is 21.5 Å². The maximum absolute atomic E-state index is 13.1. The number of hydrogen-bond donors (Lipinski definition) is 1. The van der Waals surface area contributed by atoms with Crippen molar-refractivity contribution in [3.05, 3.63) is 58.7 Å². The van der Waals surface area contributed by atoms with Crippen LogP contribution in [0.3, 0.4) is 0 Å². The van der Waals surface area contributed by atoms with Gasteiger partial charge in [-0.25, -0.2) is 4.39 Å². The van der Waals surface area contributed by atoms with Crippen LogP contribution in [0.2, 0.25) is 0 Å². The quantitative estimate of drug-likeness (QED) is 0.730. The number of halogens is 1. The van der Waals surface area contributed by atoms with E-state index in [4.69, 9.17) is 0 Å². The normalized spacial score (nSPS) is 18.3. The van der Waals surface area contributed by atoms with Crippen molar-refractivity contribution in [2.45, 2.75) is 38.4 Å². The molecule has 0 radical (unpaired) electrons. The van der Waals surface area contributed by atoms with Crippen molar-refractivity contribution >= 4 is 11.3 Å². The third-order valence-electron chi connectivity index (χ3n) is 5.77. The summed E-state index contributed by atoms with van der Waals surface area (Å²) < 4.78 is 15.5. The van der Waals surface area contributed by atoms with Gasteiger partial charge >= 0.3 is 0 Å². The van der Waals surface area contributed by atoms with Crippen molar-refractivity contribution in [1.82, 2.24) is 25.0 Å². The lowest BCUT2D eigenvalue weighted by Gasteiger charge is -2.31. The van der Waals surface area contributed by atoms with E-state index in [0.29, 0.717) is 5.92 Å². The van der Waals surface area contributed by atoms with E-state index in [2.05, 4.69) is 37.1 Å². The zero-order chi connectivity index (χ0) is 18.9. The third kappa shape index (κ3) is 3.62. The molecule has 1 N–H and O–H groups in total. The van der Waals surface area contributed by atoms with E-state index in [1.165, 1.54) is 27.7 Å². The van der Waals surface area contributed by atoms with Crippen LogP contribution in [0.1, 0.15) is 35.3 Å². The lowest BCUT2D eigenvalue weighted by Crippen LogP contribution is -2.34. The number of nitrogens with one attached hydrogen (secondary N) is 1. The highest BCUT2D eigenvalue weighted by atomic mass is 32.1. The molecule has 0 aliphatic carbocycles. The highest BCUT2D eigenvalue weighted by Crippen LogP contribution is 2.32. The van der Waals surface area contributed by atoms with Gasteiger partial charge in [0.2, 0.25) is 0 Å². The molecule has 1 fully saturated rings. The van der Waals surface area contributed by atoms with E-state index < -0.39 is 0 Å². The summed E-state index contributed by atoms with van der Waals surface area (Å²) in [6, 6.07) is 11.1. The van der Waals surface area contributed by atoms with Crippen molar-refractivity contribution < 1.29 is 4.39 Å². The van der Waals surface area contributed by atoms with Gasteiger partial charge in [0.1, 0.15) is 17.5 Å². The van der Waals surface area contributed by atoms with Gasteiger partial charge in [-0.1, -0.05) is 12.1 Å². The summed E-state index contributed by atoms with van der Waals surface area (Å²) >= 11 is 1.81. The van der Waals surface area contributed by atoms with Gasteiger partial charge < -0.3 is 9.88 Å². The molecule has 0 unspecified atom stereocenters. The zero-order valence-electron chi connectivity index (χ0n) is 15.8. The van der Waals surface area contributed by atoms with Crippen LogP contribution in [-0.4, -0.2) is 39.3 Å². The molecule has 1 aromatic carbocycles. The van der Waals surface area contributed by atoms with Crippen LogP contribution in [0, 0.1) is 5.82 Å². The summed E-state index contributed by atoms with van der Waals surface area (Å²) in [4.78, 5) is 5.10. The fraction of sp³-hybridized carbons (Fsp3) is 0.429. The van der Waals surface area contributed by atoms with Gasteiger partial charge in [0, 0.05) is 35.3 Å². The van der Waals surface area contributed by atoms with E-state index in [9.17, 15) is 4.39 Å². The highest BCUT2D eigenvalue weighted by molar-refractivity contribution is 7.15. The molecule has 2 aliphatic rings. The lowest BCUT2D eigenvalue weighted by atomic mass is 9.95. The van der Waals surface area contributed by atoms with Crippen LogP contribution in [-0.2, 0) is 19.6 Å². The SMILES string of the molecule is Fc1ccc(-c2ccc(CN3CCC(c4nnc5n4CCNC5)CC3)s2)cc1. The maximum Gasteiger partial charge on any atom is 0.147 e. The van der Waals surface area contributed by atoms with E-state index in [0.717, 1.165) is 63.5 Å². The number of benzene rings is 1. The minimum Gasteiger partial charge on any atom is -0.312 e. The first kappa shape index (κ1) is 18.0. The number of aromatic nitrogens is 3. The topological polar surface area (TPSA) is 46.0 Å². The zero-order valence-corrected chi connectivity index (χ0v) is 16.6. The third-order valence-corrected chi connectivity index (χ3v) is 6.89. The second kappa shape index (κ2) is 7.73. The smallest absolute Gasteiger partial charge is 0.147 e. The number of thiophene rings is 1. The molecule has 0 bridgehead atoms. The summed E-state index contributed by atoms with van der Waals surface area (Å²) in [5.41, 5.74) is 1.09. The van der Waals surface area contributed by atoms with E-state index in [1.54, 1.807) is 11.3 Å². The van der Waals surface area contributed by atoms with Crippen LogP contribution in [0.25, 0.3) is 10.4 Å². The van der Waals surface area contributed by atoms with Crippen LogP contribution < -0.4 is 5.32 Å². The first-order chi connectivity index (χ1) is 13.8. The fourth-order valence-electron chi connectivity index (χ4n) is 4.22. The standard InChI is InChI=1S/C21H24FN5S/c22-17-3-1-15(2-4-17)19-6-5-18(28-19)14-26-10-7-16(8-11-26)21-25-24-20-13-23-9-12-27(20)21/h1-6,16,23H,7-14H2. The Morgan fingerprint density at radius 2 is 1.86 bits per heavy atom. The molecule has 0 spiro atoms. The summed E-state index contributed by atoms with van der Waals surface area (Å²) in [6.45, 7) is 6.00. The Balaban J connectivity index is 1.20. The van der Waals surface area contributed by atoms with Crippen molar-refractivity contribution in [3.63, 3.8) is 0 Å². The van der Waals surface area contributed by atoms with Gasteiger partial charge in [-0.2, -0.15) is 0 Å². The number of hydrogen-bond acceptors (Lipinski definition) is 5. The summed E-state index contributed by atoms with van der Waals surface area (Å²) in [6.07, 6.45) is 2.28. The number of fused-ring (bicyclic) bond motifs is 1. The van der Waals surface area contributed by atoms with Crippen molar-refractivity contribution in [1.29, 1.82) is 0 Å². The number of piperidine rings is 1. The first-order valence-electron chi connectivity index (χ1n) is 9.96. The molecule has 0 amide bonds. The number of nitrogens with zero attached hydrogens (tertiary/aromatic N) is 4. The molecule has 4 heterocycles. The molecule has 0 saturated carbocycles. The van der Waals surface area contributed by atoms with Crippen LogP contribution >= 0.6 is 11.3 Å². The predicted molar refractivity (Wildman–Crippen MR) is 109 cm³/mol. The average Bonchev–Trinajstić information content (AvgIpc) is 3.36. The molecule has 3 aromatic rings. The largest absolute Gasteiger partial charge is 0.312 e. The van der Waals surface area contributed by atoms with Crippen molar-refractivity contribution in [3.8, 4) is 10.4 Å². The molecule has 5 nitrogen and oxygen atoms in total. The van der Waals surface area contributed by atoms with Gasteiger partial charge in [0.15, 0.2) is 0 Å². The van der Waals surface area contributed by atoms with Gasteiger partial charge in [-0.3, -0.25) is 4.90 Å². The Hall–Kier alpha value is -2.09. The van der Waals surface area contributed by atoms with Crippen LogP contribution in [0.15, 0.2) is 36.4 Å². The summed E-state index contributed by atoms with van der Waals surface area (Å²) in [5, 5.41) is 12.2. The van der Waals surface area contributed by atoms with Crippen molar-refractivity contribution in [2.24, 2.45) is 0 Å². The second-order valence-electron chi connectivity index (χ2n) is 7.63. The van der Waals surface area contributed by atoms with Crippen LogP contribution in [0.4, 0.5) is 4.39 Å². The lowest BCUT2D eigenvalue weighted by molar-refractivity contribution is 0.201. The molecule has 5 rings (SSSR count). The minimum absolute atomic E-state index is 0.186. The maximum atomic E-state index is 13.1. The Morgan fingerprint density at radius 1 is 1.04 bits per heavy atom. The monoisotopic (exact) mass is 397 g/mol. The number of likely N-dealkylation sites (tertiary alicyclic amines) is 1. The second-order valence-corrected chi connectivity index (χ2v) is 8.79. The Labute approximate surface area is 168 Å². The molecule has 2 aromatic heterocycles. The molecular formula is C21H24FN5S. The molecule has 2 aliphatic heterocycles. The highest BCUT2D eigenvalue weighted by Gasteiger charge is 2.27. The summed E-state index contributed by atoms with van der Waals surface area (Å²) in [5.74, 6) is 2.60. The molecule has 146 valence electrons. The summed E-state index contributed by atoms with van der Waals surface area (Å²) in [7, 11) is 0. The minimum atomic E-state index is -0.186. The Kier molecular flexibility index (Phi) is 4.96. The average molecular weight is 398 g/mol. The van der Waals surface area contributed by atoms with E-state index in [1.807, 2.05) is 12.1 Å². The van der Waals surface area contributed by atoms with Crippen LogP contribution in [0.5, 0.6) is 0 Å². The molecule has 0 atom stereocenters. The van der Waals surface area contributed by atoms with E-state index in [-0.39, 0.29) is 5.82 Å². The number of rotatable bonds is 4. The van der Waals surface area contributed by atoms with E-state index >= 15 is 0 Å². The van der Waals surface area contributed by atoms with Gasteiger partial charge in [0.05, 0.1) is 6.54 Å². The molecule has 1 saturated heterocycles. The fourth-order valence-corrected chi connectivity index (χ4v) is 5.27. The van der Waals surface area contributed by atoms with Crippen molar-refractivity contribution in [2.75, 3.05) is 19.6 Å². The molecule has 7 heteroatoms.